The molecule has 0 bridgehead atoms. The molecule has 0 unspecified atom stereocenters. The van der Waals surface area contributed by atoms with Gasteiger partial charge in [-0.2, -0.15) is 4.31 Å². The fourth-order valence-electron chi connectivity index (χ4n) is 1.71. The number of methoxy groups -OCH3 is 1. The zero-order valence-corrected chi connectivity index (χ0v) is 12.8. The summed E-state index contributed by atoms with van der Waals surface area (Å²) in [6.45, 7) is 2.73. The molecule has 0 saturated carbocycles. The molecule has 21 heavy (non-hydrogen) atoms. The quantitative estimate of drug-likeness (QED) is 0.734. The highest BCUT2D eigenvalue weighted by Gasteiger charge is 2.22. The van der Waals surface area contributed by atoms with Crippen molar-refractivity contribution in [3.63, 3.8) is 0 Å². The van der Waals surface area contributed by atoms with E-state index in [0.29, 0.717) is 18.7 Å². The number of sulfonamides is 1. The third kappa shape index (κ3) is 4.96. The summed E-state index contributed by atoms with van der Waals surface area (Å²) in [6.07, 6.45) is 2.40. The molecule has 0 amide bonds. The fraction of sp³-hybridized carbons (Fsp3) is 0.357. The highest BCUT2D eigenvalue weighted by Crippen LogP contribution is 2.16. The average Bonchev–Trinajstić information content (AvgIpc) is 2.46. The summed E-state index contributed by atoms with van der Waals surface area (Å²) in [7, 11) is -2.04. The lowest BCUT2D eigenvalue weighted by molar-refractivity contribution is -0.131. The number of hydrogen-bond donors (Lipinski definition) is 1. The maximum Gasteiger partial charge on any atom is 0.328 e. The van der Waals surface area contributed by atoms with E-state index in [9.17, 15) is 13.2 Å². The number of rotatable bonds is 8. The molecule has 0 atom stereocenters. The Balaban J connectivity index is 2.95. The normalized spacial score (nSPS) is 12.1. The minimum absolute atomic E-state index is 0.174. The first kappa shape index (κ1) is 17.4. The van der Waals surface area contributed by atoms with Crippen molar-refractivity contribution >= 4 is 22.1 Å². The molecule has 0 heterocycles. The van der Waals surface area contributed by atoms with Crippen LogP contribution in [0.25, 0.3) is 6.08 Å². The largest absolute Gasteiger partial charge is 0.478 e. The number of carbonyl (C=O) groups is 1. The van der Waals surface area contributed by atoms with Gasteiger partial charge in [0, 0.05) is 26.3 Å². The van der Waals surface area contributed by atoms with Crippen molar-refractivity contribution in [2.75, 3.05) is 26.8 Å². The summed E-state index contributed by atoms with van der Waals surface area (Å²) >= 11 is 0. The zero-order chi connectivity index (χ0) is 15.9. The molecule has 6 nitrogen and oxygen atoms in total. The van der Waals surface area contributed by atoms with E-state index in [1.165, 1.54) is 29.6 Å². The molecular weight excluding hydrogens is 294 g/mol. The van der Waals surface area contributed by atoms with E-state index in [1.807, 2.05) is 0 Å². The van der Waals surface area contributed by atoms with E-state index in [2.05, 4.69) is 0 Å². The van der Waals surface area contributed by atoms with Crippen LogP contribution in [0.15, 0.2) is 35.2 Å². The maximum absolute atomic E-state index is 12.4. The first-order valence-corrected chi connectivity index (χ1v) is 7.86. The second-order valence-electron chi connectivity index (χ2n) is 4.23. The van der Waals surface area contributed by atoms with Crippen molar-refractivity contribution in [1.82, 2.24) is 4.31 Å². The van der Waals surface area contributed by atoms with Crippen molar-refractivity contribution in [3.05, 3.63) is 35.9 Å². The van der Waals surface area contributed by atoms with Crippen molar-refractivity contribution < 1.29 is 23.1 Å². The van der Waals surface area contributed by atoms with E-state index in [-0.39, 0.29) is 11.4 Å². The first-order valence-electron chi connectivity index (χ1n) is 6.42. The van der Waals surface area contributed by atoms with Crippen LogP contribution in [0.5, 0.6) is 0 Å². The molecule has 0 aromatic heterocycles. The molecular formula is C14H19NO5S. The molecule has 0 spiro atoms. The van der Waals surface area contributed by atoms with Gasteiger partial charge < -0.3 is 9.84 Å². The van der Waals surface area contributed by atoms with Crippen LogP contribution < -0.4 is 0 Å². The van der Waals surface area contributed by atoms with Crippen molar-refractivity contribution in [2.45, 2.75) is 11.8 Å². The van der Waals surface area contributed by atoms with Crippen LogP contribution >= 0.6 is 0 Å². The summed E-state index contributed by atoms with van der Waals surface area (Å²) in [5, 5.41) is 8.54. The van der Waals surface area contributed by atoms with E-state index in [0.717, 1.165) is 6.08 Å². The Morgan fingerprint density at radius 3 is 2.43 bits per heavy atom. The molecule has 7 heteroatoms. The van der Waals surface area contributed by atoms with E-state index < -0.39 is 16.0 Å². The Morgan fingerprint density at radius 2 is 1.95 bits per heavy atom. The monoisotopic (exact) mass is 313 g/mol. The van der Waals surface area contributed by atoms with Gasteiger partial charge in [0.05, 0.1) is 11.5 Å². The second kappa shape index (κ2) is 7.92. The zero-order valence-electron chi connectivity index (χ0n) is 12.0. The lowest BCUT2D eigenvalue weighted by Gasteiger charge is -2.20. The second-order valence-corrected chi connectivity index (χ2v) is 6.17. The molecule has 116 valence electrons. The predicted molar refractivity (Wildman–Crippen MR) is 79.4 cm³/mol. The van der Waals surface area contributed by atoms with Gasteiger partial charge in [-0.05, 0) is 23.8 Å². The fourth-order valence-corrected chi connectivity index (χ4v) is 3.14. The van der Waals surface area contributed by atoms with Crippen molar-refractivity contribution in [1.29, 1.82) is 0 Å². The van der Waals surface area contributed by atoms with Crippen LogP contribution in [0.1, 0.15) is 12.5 Å². The number of carboxylic acid groups (broad SMARTS) is 1. The Bertz CT molecular complexity index is 592. The van der Waals surface area contributed by atoms with Gasteiger partial charge in [-0.25, -0.2) is 13.2 Å². The number of nitrogens with zero attached hydrogens (tertiary/aromatic N) is 1. The van der Waals surface area contributed by atoms with Crippen LogP contribution in [0, 0.1) is 0 Å². The SMILES string of the molecule is CCN(CCOC)S(=O)(=O)c1ccc(C=CC(=O)O)cc1. The number of likely N-dealkylation sites (N-methyl/N-ethyl adjacent to an activating group) is 1. The summed E-state index contributed by atoms with van der Waals surface area (Å²) in [4.78, 5) is 10.6. The average molecular weight is 313 g/mol. The third-order valence-corrected chi connectivity index (χ3v) is 4.82. The van der Waals surface area contributed by atoms with Gasteiger partial charge >= 0.3 is 5.97 Å². The van der Waals surface area contributed by atoms with Gasteiger partial charge in [0.25, 0.3) is 0 Å². The standard InChI is InChI=1S/C14H19NO5S/c1-3-15(10-11-20-2)21(18,19)13-7-4-12(5-8-13)6-9-14(16)17/h4-9H,3,10-11H2,1-2H3,(H,16,17). The molecule has 1 aromatic carbocycles. The van der Waals surface area contributed by atoms with Gasteiger partial charge in [-0.3, -0.25) is 0 Å². The third-order valence-electron chi connectivity index (χ3n) is 2.83. The van der Waals surface area contributed by atoms with Crippen LogP contribution in [-0.4, -0.2) is 50.6 Å². The molecule has 1 rings (SSSR count). The van der Waals surface area contributed by atoms with Gasteiger partial charge in [-0.15, -0.1) is 0 Å². The van der Waals surface area contributed by atoms with Crippen LogP contribution in [0.4, 0.5) is 0 Å². The number of aliphatic carboxylic acids is 1. The first-order chi connectivity index (χ1) is 9.91. The predicted octanol–water partition coefficient (Wildman–Crippen LogP) is 1.44. The molecule has 0 aliphatic carbocycles. The van der Waals surface area contributed by atoms with Crippen molar-refractivity contribution in [3.8, 4) is 0 Å². The Labute approximate surface area is 124 Å². The summed E-state index contributed by atoms with van der Waals surface area (Å²) in [5.41, 5.74) is 0.622. The highest BCUT2D eigenvalue weighted by molar-refractivity contribution is 7.89. The lowest BCUT2D eigenvalue weighted by Crippen LogP contribution is -2.33. The Hall–Kier alpha value is -1.70. The van der Waals surface area contributed by atoms with Crippen molar-refractivity contribution in [2.24, 2.45) is 0 Å². The van der Waals surface area contributed by atoms with Gasteiger partial charge in [0.15, 0.2) is 0 Å². The molecule has 1 aromatic rings. The summed E-state index contributed by atoms with van der Waals surface area (Å²) < 4.78 is 31.0. The van der Waals surface area contributed by atoms with E-state index >= 15 is 0 Å². The van der Waals surface area contributed by atoms with Crippen LogP contribution in [0.2, 0.25) is 0 Å². The summed E-state index contributed by atoms with van der Waals surface area (Å²) in [5.74, 6) is -1.05. The van der Waals surface area contributed by atoms with Crippen LogP contribution in [-0.2, 0) is 19.6 Å². The maximum atomic E-state index is 12.4. The summed E-state index contributed by atoms with van der Waals surface area (Å²) in [6, 6.07) is 6.06. The highest BCUT2D eigenvalue weighted by atomic mass is 32.2. The smallest absolute Gasteiger partial charge is 0.328 e. The molecule has 0 saturated heterocycles. The molecule has 0 aliphatic heterocycles. The molecule has 0 radical (unpaired) electrons. The van der Waals surface area contributed by atoms with Gasteiger partial charge in [0.2, 0.25) is 10.0 Å². The molecule has 1 N–H and O–H groups in total. The topological polar surface area (TPSA) is 83.9 Å². The Morgan fingerprint density at radius 1 is 1.33 bits per heavy atom. The lowest BCUT2D eigenvalue weighted by atomic mass is 10.2. The minimum Gasteiger partial charge on any atom is -0.478 e. The molecule has 0 aliphatic rings. The van der Waals surface area contributed by atoms with E-state index in [4.69, 9.17) is 9.84 Å². The number of ether oxygens (including phenoxy) is 1. The molecule has 0 fully saturated rings. The minimum atomic E-state index is -3.56. The van der Waals surface area contributed by atoms with E-state index in [1.54, 1.807) is 19.1 Å². The number of carboxylic acids is 1. The number of hydrogen-bond acceptors (Lipinski definition) is 4. The number of benzene rings is 1. The van der Waals surface area contributed by atoms with Gasteiger partial charge in [-0.1, -0.05) is 19.1 Å². The Kier molecular flexibility index (Phi) is 6.54. The van der Waals surface area contributed by atoms with Crippen LogP contribution in [0.3, 0.4) is 0 Å². The van der Waals surface area contributed by atoms with Gasteiger partial charge in [0.1, 0.15) is 0 Å².